The number of rotatable bonds is 6. The van der Waals surface area contributed by atoms with Gasteiger partial charge in [0.15, 0.2) is 0 Å². The summed E-state index contributed by atoms with van der Waals surface area (Å²) < 4.78 is 0. The Morgan fingerprint density at radius 3 is 2.16 bits per heavy atom. The summed E-state index contributed by atoms with van der Waals surface area (Å²) in [5, 5.41) is 3.77. The van der Waals surface area contributed by atoms with Gasteiger partial charge in [0.25, 0.3) is 0 Å². The van der Waals surface area contributed by atoms with Crippen molar-refractivity contribution in [2.45, 2.75) is 65.2 Å². The van der Waals surface area contributed by atoms with E-state index >= 15 is 0 Å². The topological polar surface area (TPSA) is 15.3 Å². The Kier molecular flexibility index (Phi) is 6.15. The molecule has 0 unspecified atom stereocenters. The van der Waals surface area contributed by atoms with Gasteiger partial charge in [-0.2, -0.15) is 0 Å². The fourth-order valence-electron chi connectivity index (χ4n) is 3.91. The molecule has 1 saturated carbocycles. The molecule has 0 radical (unpaired) electrons. The van der Waals surface area contributed by atoms with Crippen LogP contribution in [0.2, 0.25) is 0 Å². The zero-order valence-electron chi connectivity index (χ0n) is 13.2. The van der Waals surface area contributed by atoms with E-state index < -0.39 is 0 Å². The minimum absolute atomic E-state index is 0.579. The molecule has 1 aliphatic heterocycles. The Balaban J connectivity index is 1.89. The molecule has 19 heavy (non-hydrogen) atoms. The molecule has 2 rings (SSSR count). The second-order valence-electron chi connectivity index (χ2n) is 7.42. The molecule has 112 valence electrons. The third-order valence-electron chi connectivity index (χ3n) is 4.97. The number of nitrogens with one attached hydrogen (secondary N) is 1. The lowest BCUT2D eigenvalue weighted by Gasteiger charge is -2.37. The van der Waals surface area contributed by atoms with Gasteiger partial charge in [-0.15, -0.1) is 0 Å². The summed E-state index contributed by atoms with van der Waals surface area (Å²) in [6.45, 7) is 11.1. The molecule has 1 N–H and O–H groups in total. The van der Waals surface area contributed by atoms with Gasteiger partial charge in [-0.1, -0.05) is 39.5 Å². The van der Waals surface area contributed by atoms with Gasteiger partial charge in [0.2, 0.25) is 0 Å². The maximum absolute atomic E-state index is 3.77. The molecule has 2 aliphatic rings. The van der Waals surface area contributed by atoms with Gasteiger partial charge in [0.05, 0.1) is 0 Å². The molecule has 1 heterocycles. The Morgan fingerprint density at radius 1 is 0.947 bits per heavy atom. The molecule has 2 fully saturated rings. The van der Waals surface area contributed by atoms with Crippen molar-refractivity contribution in [1.29, 1.82) is 0 Å². The summed E-state index contributed by atoms with van der Waals surface area (Å²) in [6.07, 6.45) is 11.6. The number of hydrogen-bond donors (Lipinski definition) is 1. The van der Waals surface area contributed by atoms with E-state index in [1.807, 2.05) is 0 Å². The van der Waals surface area contributed by atoms with E-state index in [1.54, 1.807) is 0 Å². The number of likely N-dealkylation sites (tertiary alicyclic amines) is 1. The fourth-order valence-corrected chi connectivity index (χ4v) is 3.91. The second-order valence-corrected chi connectivity index (χ2v) is 7.42. The van der Waals surface area contributed by atoms with Gasteiger partial charge in [0, 0.05) is 13.1 Å². The van der Waals surface area contributed by atoms with Crippen LogP contribution in [0.4, 0.5) is 0 Å². The highest BCUT2D eigenvalue weighted by atomic mass is 15.1. The molecule has 0 aromatic carbocycles. The third kappa shape index (κ3) is 5.07. The molecule has 0 aromatic rings. The zero-order chi connectivity index (χ0) is 13.6. The van der Waals surface area contributed by atoms with E-state index in [4.69, 9.17) is 0 Å². The first kappa shape index (κ1) is 15.3. The average Bonchev–Trinajstić information content (AvgIpc) is 2.75. The standard InChI is InChI=1S/C17H34N2/c1-16(2)13-18-14-17(9-5-3-4-6-10-17)15-19-11-7-8-12-19/h16,18H,3-15H2,1-2H3. The van der Waals surface area contributed by atoms with Gasteiger partial charge >= 0.3 is 0 Å². The lowest BCUT2D eigenvalue weighted by molar-refractivity contribution is 0.144. The molecule has 1 saturated heterocycles. The van der Waals surface area contributed by atoms with Crippen molar-refractivity contribution in [2.75, 3.05) is 32.7 Å². The van der Waals surface area contributed by atoms with Crippen LogP contribution in [0.15, 0.2) is 0 Å². The largest absolute Gasteiger partial charge is 0.316 e. The molecular weight excluding hydrogens is 232 g/mol. The summed E-state index contributed by atoms with van der Waals surface area (Å²) in [7, 11) is 0. The summed E-state index contributed by atoms with van der Waals surface area (Å²) >= 11 is 0. The van der Waals surface area contributed by atoms with Crippen molar-refractivity contribution < 1.29 is 0 Å². The minimum Gasteiger partial charge on any atom is -0.316 e. The Hall–Kier alpha value is -0.0800. The number of hydrogen-bond acceptors (Lipinski definition) is 2. The first-order valence-electron chi connectivity index (χ1n) is 8.63. The Morgan fingerprint density at radius 2 is 1.58 bits per heavy atom. The molecule has 1 aliphatic carbocycles. The highest BCUT2D eigenvalue weighted by Gasteiger charge is 2.33. The van der Waals surface area contributed by atoms with Crippen LogP contribution in [0.25, 0.3) is 0 Å². The summed E-state index contributed by atoms with van der Waals surface area (Å²) in [6, 6.07) is 0. The minimum atomic E-state index is 0.579. The van der Waals surface area contributed by atoms with E-state index in [-0.39, 0.29) is 0 Å². The summed E-state index contributed by atoms with van der Waals surface area (Å²) in [5.74, 6) is 0.773. The van der Waals surface area contributed by atoms with Crippen LogP contribution in [0.5, 0.6) is 0 Å². The third-order valence-corrected chi connectivity index (χ3v) is 4.97. The lowest BCUT2D eigenvalue weighted by atomic mass is 9.79. The molecular formula is C17H34N2. The van der Waals surface area contributed by atoms with Crippen LogP contribution in [0.3, 0.4) is 0 Å². The number of nitrogens with zero attached hydrogens (tertiary/aromatic N) is 1. The normalized spacial score (nSPS) is 24.8. The van der Waals surface area contributed by atoms with E-state index in [0.717, 1.165) is 5.92 Å². The molecule has 0 aromatic heterocycles. The molecule has 2 heteroatoms. The SMILES string of the molecule is CC(C)CNCC1(CN2CCCC2)CCCCCC1. The van der Waals surface area contributed by atoms with E-state index in [0.29, 0.717) is 5.41 Å². The summed E-state index contributed by atoms with van der Waals surface area (Å²) in [4.78, 5) is 2.74. The van der Waals surface area contributed by atoms with Gasteiger partial charge < -0.3 is 10.2 Å². The predicted molar refractivity (Wildman–Crippen MR) is 83.5 cm³/mol. The van der Waals surface area contributed by atoms with Crippen molar-refractivity contribution in [1.82, 2.24) is 10.2 Å². The summed E-state index contributed by atoms with van der Waals surface area (Å²) in [5.41, 5.74) is 0.579. The molecule has 0 amide bonds. The first-order valence-corrected chi connectivity index (χ1v) is 8.63. The average molecular weight is 266 g/mol. The Bertz CT molecular complexity index is 236. The van der Waals surface area contributed by atoms with Crippen molar-refractivity contribution in [2.24, 2.45) is 11.3 Å². The Labute approximate surface area is 120 Å². The highest BCUT2D eigenvalue weighted by molar-refractivity contribution is 4.88. The first-order chi connectivity index (χ1) is 9.20. The van der Waals surface area contributed by atoms with Crippen molar-refractivity contribution >= 4 is 0 Å². The maximum Gasteiger partial charge on any atom is 0.00501 e. The maximum atomic E-state index is 3.77. The molecule has 0 spiro atoms. The van der Waals surface area contributed by atoms with Crippen LogP contribution >= 0.6 is 0 Å². The van der Waals surface area contributed by atoms with Gasteiger partial charge in [0.1, 0.15) is 0 Å². The van der Waals surface area contributed by atoms with E-state index in [1.165, 1.54) is 84.1 Å². The van der Waals surface area contributed by atoms with Crippen molar-refractivity contribution in [3.8, 4) is 0 Å². The predicted octanol–water partition coefficient (Wildman–Crippen LogP) is 3.67. The van der Waals surface area contributed by atoms with Crippen LogP contribution in [-0.2, 0) is 0 Å². The molecule has 0 atom stereocenters. The van der Waals surface area contributed by atoms with Gasteiger partial charge in [-0.25, -0.2) is 0 Å². The van der Waals surface area contributed by atoms with Gasteiger partial charge in [-0.05, 0) is 56.7 Å². The smallest absolute Gasteiger partial charge is 0.00501 e. The highest BCUT2D eigenvalue weighted by Crippen LogP contribution is 2.36. The molecule has 2 nitrogen and oxygen atoms in total. The zero-order valence-corrected chi connectivity index (χ0v) is 13.2. The van der Waals surface area contributed by atoms with E-state index in [2.05, 4.69) is 24.1 Å². The fraction of sp³-hybridized carbons (Fsp3) is 1.00. The van der Waals surface area contributed by atoms with Gasteiger partial charge in [-0.3, -0.25) is 0 Å². The second kappa shape index (κ2) is 7.64. The van der Waals surface area contributed by atoms with Crippen LogP contribution in [0, 0.1) is 11.3 Å². The lowest BCUT2D eigenvalue weighted by Crippen LogP contribution is -2.44. The van der Waals surface area contributed by atoms with Crippen molar-refractivity contribution in [3.05, 3.63) is 0 Å². The van der Waals surface area contributed by atoms with Crippen molar-refractivity contribution in [3.63, 3.8) is 0 Å². The van der Waals surface area contributed by atoms with Crippen LogP contribution in [0.1, 0.15) is 65.2 Å². The quantitative estimate of drug-likeness (QED) is 0.738. The van der Waals surface area contributed by atoms with E-state index in [9.17, 15) is 0 Å². The van der Waals surface area contributed by atoms with Crippen LogP contribution < -0.4 is 5.32 Å². The monoisotopic (exact) mass is 266 g/mol. The molecule has 0 bridgehead atoms. The van der Waals surface area contributed by atoms with Crippen LogP contribution in [-0.4, -0.2) is 37.6 Å².